The molecule has 14 heavy (non-hydrogen) atoms. The molecule has 0 aromatic rings. The summed E-state index contributed by atoms with van der Waals surface area (Å²) >= 11 is 0. The van der Waals surface area contributed by atoms with Crippen molar-refractivity contribution in [3.63, 3.8) is 0 Å². The zero-order chi connectivity index (χ0) is 10.7. The molecule has 0 heterocycles. The molecule has 1 atom stereocenters. The first kappa shape index (κ1) is 12.0. The molecule has 1 unspecified atom stereocenters. The Balaban J connectivity index is 2.20. The Hall–Kier alpha value is -0.0800. The molecule has 0 spiro atoms. The predicted octanol–water partition coefficient (Wildman–Crippen LogP) is 2.32. The topological polar surface area (TPSA) is 32.3 Å². The van der Waals surface area contributed by atoms with Crippen molar-refractivity contribution in [3.05, 3.63) is 0 Å². The van der Waals surface area contributed by atoms with Crippen LogP contribution in [0.1, 0.15) is 52.9 Å². The van der Waals surface area contributed by atoms with Crippen LogP contribution in [0.3, 0.4) is 0 Å². The molecule has 1 aliphatic rings. The molecule has 2 nitrogen and oxygen atoms in total. The van der Waals surface area contributed by atoms with E-state index in [9.17, 15) is 5.11 Å². The van der Waals surface area contributed by atoms with Crippen LogP contribution in [-0.4, -0.2) is 23.8 Å². The quantitative estimate of drug-likeness (QED) is 0.688. The van der Waals surface area contributed by atoms with Crippen molar-refractivity contribution in [3.8, 4) is 0 Å². The van der Waals surface area contributed by atoms with Gasteiger partial charge in [0.05, 0.1) is 5.60 Å². The summed E-state index contributed by atoms with van der Waals surface area (Å²) in [5.41, 5.74) is 0.0303. The van der Waals surface area contributed by atoms with Gasteiger partial charge in [0.25, 0.3) is 0 Å². The molecule has 2 heteroatoms. The van der Waals surface area contributed by atoms with Gasteiger partial charge >= 0.3 is 0 Å². The van der Waals surface area contributed by atoms with E-state index in [0.29, 0.717) is 5.41 Å². The molecule has 2 N–H and O–H groups in total. The Morgan fingerprint density at radius 3 is 2.36 bits per heavy atom. The standard InChI is InChI=1S/C12H25NO/c1-4-11(3,14)9-13-10-12(5-2)7-6-8-12/h13-14H,4-10H2,1-3H3. The van der Waals surface area contributed by atoms with Gasteiger partial charge in [-0.1, -0.05) is 20.3 Å². The van der Waals surface area contributed by atoms with Gasteiger partial charge in [0, 0.05) is 13.1 Å². The van der Waals surface area contributed by atoms with E-state index in [2.05, 4.69) is 12.2 Å². The maximum atomic E-state index is 9.82. The van der Waals surface area contributed by atoms with Crippen LogP contribution in [-0.2, 0) is 0 Å². The van der Waals surface area contributed by atoms with E-state index in [4.69, 9.17) is 0 Å². The zero-order valence-corrected chi connectivity index (χ0v) is 9.90. The Bertz CT molecular complexity index is 168. The lowest BCUT2D eigenvalue weighted by Gasteiger charge is -2.42. The smallest absolute Gasteiger partial charge is 0.0740 e. The molecular weight excluding hydrogens is 174 g/mol. The zero-order valence-electron chi connectivity index (χ0n) is 9.90. The fraction of sp³-hybridized carbons (Fsp3) is 1.00. The van der Waals surface area contributed by atoms with Crippen LogP contribution in [0.2, 0.25) is 0 Å². The van der Waals surface area contributed by atoms with E-state index in [-0.39, 0.29) is 0 Å². The SMILES string of the molecule is CCC(C)(O)CNCC1(CC)CCC1. The summed E-state index contributed by atoms with van der Waals surface area (Å²) in [7, 11) is 0. The summed E-state index contributed by atoms with van der Waals surface area (Å²) in [6.07, 6.45) is 6.21. The largest absolute Gasteiger partial charge is 0.389 e. The van der Waals surface area contributed by atoms with Gasteiger partial charge in [-0.15, -0.1) is 0 Å². The molecular formula is C12H25NO. The second-order valence-electron chi connectivity index (χ2n) is 5.16. The van der Waals surface area contributed by atoms with E-state index < -0.39 is 5.60 Å². The summed E-state index contributed by atoms with van der Waals surface area (Å²) in [5.74, 6) is 0. The van der Waals surface area contributed by atoms with E-state index in [1.807, 2.05) is 13.8 Å². The first-order chi connectivity index (χ1) is 6.54. The summed E-state index contributed by atoms with van der Waals surface area (Å²) in [6, 6.07) is 0. The van der Waals surface area contributed by atoms with Crippen LogP contribution >= 0.6 is 0 Å². The van der Waals surface area contributed by atoms with Crippen LogP contribution in [0.4, 0.5) is 0 Å². The van der Waals surface area contributed by atoms with Crippen LogP contribution in [0.25, 0.3) is 0 Å². The third kappa shape index (κ3) is 2.96. The molecule has 1 saturated carbocycles. The number of aliphatic hydroxyl groups is 1. The number of rotatable bonds is 6. The Labute approximate surface area is 88.1 Å². The molecule has 0 bridgehead atoms. The van der Waals surface area contributed by atoms with Crippen LogP contribution < -0.4 is 5.32 Å². The summed E-state index contributed by atoms with van der Waals surface area (Å²) in [4.78, 5) is 0. The highest BCUT2D eigenvalue weighted by molar-refractivity contribution is 4.89. The molecule has 1 fully saturated rings. The van der Waals surface area contributed by atoms with Crippen molar-refractivity contribution in [2.24, 2.45) is 5.41 Å². The van der Waals surface area contributed by atoms with Gasteiger partial charge in [-0.05, 0) is 38.0 Å². The summed E-state index contributed by atoms with van der Waals surface area (Å²) < 4.78 is 0. The number of hydrogen-bond donors (Lipinski definition) is 2. The van der Waals surface area contributed by atoms with Gasteiger partial charge in [0.2, 0.25) is 0 Å². The van der Waals surface area contributed by atoms with Crippen molar-refractivity contribution >= 4 is 0 Å². The number of nitrogens with one attached hydrogen (secondary N) is 1. The lowest BCUT2D eigenvalue weighted by atomic mass is 9.67. The summed E-state index contributed by atoms with van der Waals surface area (Å²) in [5, 5.41) is 13.2. The molecule has 0 radical (unpaired) electrons. The highest BCUT2D eigenvalue weighted by atomic mass is 16.3. The average molecular weight is 199 g/mol. The second kappa shape index (κ2) is 4.63. The molecule has 1 rings (SSSR count). The van der Waals surface area contributed by atoms with E-state index in [1.165, 1.54) is 25.7 Å². The minimum absolute atomic E-state index is 0.529. The molecule has 0 saturated heterocycles. The van der Waals surface area contributed by atoms with E-state index >= 15 is 0 Å². The lowest BCUT2D eigenvalue weighted by molar-refractivity contribution is 0.0453. The van der Waals surface area contributed by atoms with Gasteiger partial charge in [-0.3, -0.25) is 0 Å². The Morgan fingerprint density at radius 2 is 2.00 bits per heavy atom. The van der Waals surface area contributed by atoms with Crippen LogP contribution in [0.15, 0.2) is 0 Å². The molecule has 0 aromatic carbocycles. The monoisotopic (exact) mass is 199 g/mol. The van der Waals surface area contributed by atoms with Gasteiger partial charge in [0.1, 0.15) is 0 Å². The predicted molar refractivity (Wildman–Crippen MR) is 60.4 cm³/mol. The van der Waals surface area contributed by atoms with Gasteiger partial charge in [-0.2, -0.15) is 0 Å². The van der Waals surface area contributed by atoms with Crippen LogP contribution in [0.5, 0.6) is 0 Å². The average Bonchev–Trinajstić information content (AvgIpc) is 2.10. The highest BCUT2D eigenvalue weighted by Gasteiger charge is 2.34. The maximum Gasteiger partial charge on any atom is 0.0740 e. The first-order valence-corrected chi connectivity index (χ1v) is 5.97. The maximum absolute atomic E-state index is 9.82. The molecule has 1 aliphatic carbocycles. The van der Waals surface area contributed by atoms with Crippen molar-refractivity contribution in [1.82, 2.24) is 5.32 Å². The lowest BCUT2D eigenvalue weighted by Crippen LogP contribution is -2.45. The third-order valence-corrected chi connectivity index (χ3v) is 3.93. The van der Waals surface area contributed by atoms with Crippen molar-refractivity contribution < 1.29 is 5.11 Å². The molecule has 84 valence electrons. The highest BCUT2D eigenvalue weighted by Crippen LogP contribution is 2.43. The number of hydrogen-bond acceptors (Lipinski definition) is 2. The second-order valence-corrected chi connectivity index (χ2v) is 5.16. The minimum atomic E-state index is -0.529. The van der Waals surface area contributed by atoms with Gasteiger partial charge in [0.15, 0.2) is 0 Å². The summed E-state index contributed by atoms with van der Waals surface area (Å²) in [6.45, 7) is 8.02. The van der Waals surface area contributed by atoms with Crippen LogP contribution in [0, 0.1) is 5.41 Å². The third-order valence-electron chi connectivity index (χ3n) is 3.93. The Morgan fingerprint density at radius 1 is 1.36 bits per heavy atom. The van der Waals surface area contributed by atoms with E-state index in [1.54, 1.807) is 0 Å². The van der Waals surface area contributed by atoms with E-state index in [0.717, 1.165) is 19.5 Å². The van der Waals surface area contributed by atoms with Crippen molar-refractivity contribution in [2.45, 2.75) is 58.5 Å². The minimum Gasteiger partial charge on any atom is -0.389 e. The van der Waals surface area contributed by atoms with Gasteiger partial charge < -0.3 is 10.4 Å². The molecule has 0 aliphatic heterocycles. The molecule has 0 aromatic heterocycles. The first-order valence-electron chi connectivity index (χ1n) is 5.97. The Kier molecular flexibility index (Phi) is 3.96. The fourth-order valence-corrected chi connectivity index (χ4v) is 2.05. The van der Waals surface area contributed by atoms with Crippen molar-refractivity contribution in [2.75, 3.05) is 13.1 Å². The van der Waals surface area contributed by atoms with Gasteiger partial charge in [-0.25, -0.2) is 0 Å². The fourth-order valence-electron chi connectivity index (χ4n) is 2.05. The van der Waals surface area contributed by atoms with Crippen molar-refractivity contribution in [1.29, 1.82) is 0 Å². The molecule has 0 amide bonds. The normalized spacial score (nSPS) is 24.0.